The number of nitrogens with one attached hydrogen (secondary N) is 2. The molecular formula is C15H20N2O3. The molecule has 5 nitrogen and oxygen atoms in total. The highest BCUT2D eigenvalue weighted by atomic mass is 16.4. The molecule has 1 amide bonds. The van der Waals surface area contributed by atoms with Crippen molar-refractivity contribution in [3.05, 3.63) is 29.8 Å². The van der Waals surface area contributed by atoms with E-state index in [2.05, 4.69) is 10.6 Å². The SMILES string of the molecule is O=C(O)CCc1cccc(NC(=O)CC2CCCN2)c1. The number of carbonyl (C=O) groups is 2. The van der Waals surface area contributed by atoms with Gasteiger partial charge in [0.2, 0.25) is 5.91 Å². The number of rotatable bonds is 6. The van der Waals surface area contributed by atoms with Gasteiger partial charge in [0.15, 0.2) is 0 Å². The van der Waals surface area contributed by atoms with E-state index in [1.807, 2.05) is 24.3 Å². The molecule has 0 aliphatic carbocycles. The molecule has 1 heterocycles. The van der Waals surface area contributed by atoms with Crippen molar-refractivity contribution in [3.8, 4) is 0 Å². The maximum absolute atomic E-state index is 11.9. The molecule has 20 heavy (non-hydrogen) atoms. The zero-order valence-corrected chi connectivity index (χ0v) is 11.4. The van der Waals surface area contributed by atoms with E-state index < -0.39 is 5.97 Å². The molecule has 0 radical (unpaired) electrons. The third-order valence-electron chi connectivity index (χ3n) is 3.43. The lowest BCUT2D eigenvalue weighted by molar-refractivity contribution is -0.137. The lowest BCUT2D eigenvalue weighted by atomic mass is 10.1. The number of hydrogen-bond donors (Lipinski definition) is 3. The summed E-state index contributed by atoms with van der Waals surface area (Å²) in [5, 5.41) is 14.8. The average molecular weight is 276 g/mol. The molecule has 5 heteroatoms. The maximum atomic E-state index is 11.9. The van der Waals surface area contributed by atoms with Gasteiger partial charge in [-0.15, -0.1) is 0 Å². The van der Waals surface area contributed by atoms with Crippen LogP contribution in [0.5, 0.6) is 0 Å². The van der Waals surface area contributed by atoms with E-state index in [1.165, 1.54) is 0 Å². The van der Waals surface area contributed by atoms with Crippen LogP contribution in [0.15, 0.2) is 24.3 Å². The van der Waals surface area contributed by atoms with E-state index in [4.69, 9.17) is 5.11 Å². The molecule has 1 aromatic rings. The summed E-state index contributed by atoms with van der Waals surface area (Å²) >= 11 is 0. The van der Waals surface area contributed by atoms with Crippen LogP contribution in [0.4, 0.5) is 5.69 Å². The third-order valence-corrected chi connectivity index (χ3v) is 3.43. The Morgan fingerprint density at radius 3 is 2.95 bits per heavy atom. The topological polar surface area (TPSA) is 78.4 Å². The Morgan fingerprint density at radius 2 is 2.25 bits per heavy atom. The predicted octanol–water partition coefficient (Wildman–Crippen LogP) is 1.78. The van der Waals surface area contributed by atoms with Crippen LogP contribution in [-0.2, 0) is 16.0 Å². The van der Waals surface area contributed by atoms with E-state index >= 15 is 0 Å². The Hall–Kier alpha value is -1.88. The molecule has 1 unspecified atom stereocenters. The van der Waals surface area contributed by atoms with E-state index in [0.29, 0.717) is 12.8 Å². The van der Waals surface area contributed by atoms with Crippen molar-refractivity contribution in [1.29, 1.82) is 0 Å². The first-order valence-electron chi connectivity index (χ1n) is 6.97. The first-order valence-corrected chi connectivity index (χ1v) is 6.97. The van der Waals surface area contributed by atoms with Gasteiger partial charge in [0, 0.05) is 24.6 Å². The van der Waals surface area contributed by atoms with Crippen LogP contribution in [0.3, 0.4) is 0 Å². The number of carbonyl (C=O) groups excluding carboxylic acids is 1. The van der Waals surface area contributed by atoms with Gasteiger partial charge in [0.1, 0.15) is 0 Å². The fourth-order valence-corrected chi connectivity index (χ4v) is 2.42. The molecule has 0 bridgehead atoms. The Bertz CT molecular complexity index is 482. The van der Waals surface area contributed by atoms with Gasteiger partial charge in [-0.3, -0.25) is 9.59 Å². The summed E-state index contributed by atoms with van der Waals surface area (Å²) in [4.78, 5) is 22.5. The van der Waals surface area contributed by atoms with E-state index in [-0.39, 0.29) is 18.4 Å². The summed E-state index contributed by atoms with van der Waals surface area (Å²) in [7, 11) is 0. The van der Waals surface area contributed by atoms with Crippen molar-refractivity contribution in [3.63, 3.8) is 0 Å². The van der Waals surface area contributed by atoms with Crippen LogP contribution in [0.25, 0.3) is 0 Å². The minimum absolute atomic E-state index is 0.000199. The van der Waals surface area contributed by atoms with Crippen LogP contribution in [-0.4, -0.2) is 29.6 Å². The lowest BCUT2D eigenvalue weighted by Gasteiger charge is -2.11. The van der Waals surface area contributed by atoms with Gasteiger partial charge >= 0.3 is 5.97 Å². The zero-order chi connectivity index (χ0) is 14.4. The first kappa shape index (κ1) is 14.5. The van der Waals surface area contributed by atoms with Crippen LogP contribution in [0.1, 0.15) is 31.2 Å². The van der Waals surface area contributed by atoms with Gasteiger partial charge < -0.3 is 15.7 Å². The van der Waals surface area contributed by atoms with Gasteiger partial charge in [0.25, 0.3) is 0 Å². The molecule has 108 valence electrons. The maximum Gasteiger partial charge on any atom is 0.303 e. The molecule has 0 saturated carbocycles. The normalized spacial score (nSPS) is 17.9. The number of aliphatic carboxylic acids is 1. The molecule has 1 saturated heterocycles. The molecule has 3 N–H and O–H groups in total. The summed E-state index contributed by atoms with van der Waals surface area (Å²) in [6.07, 6.45) is 3.24. The van der Waals surface area contributed by atoms with Crippen molar-refractivity contribution in [2.24, 2.45) is 0 Å². The highest BCUT2D eigenvalue weighted by Gasteiger charge is 2.17. The standard InChI is InChI=1S/C15H20N2O3/c18-14(10-12-5-2-8-16-12)17-13-4-1-3-11(9-13)6-7-15(19)20/h1,3-4,9,12,16H,2,5-8,10H2,(H,17,18)(H,19,20). The quantitative estimate of drug-likeness (QED) is 0.740. The number of carboxylic acid groups (broad SMARTS) is 1. The van der Waals surface area contributed by atoms with Crippen molar-refractivity contribution in [2.45, 2.75) is 38.1 Å². The van der Waals surface area contributed by atoms with Crippen LogP contribution in [0, 0.1) is 0 Å². The smallest absolute Gasteiger partial charge is 0.303 e. The predicted molar refractivity (Wildman–Crippen MR) is 76.7 cm³/mol. The number of benzene rings is 1. The number of carboxylic acids is 1. The Morgan fingerprint density at radius 1 is 1.40 bits per heavy atom. The van der Waals surface area contributed by atoms with Crippen molar-refractivity contribution >= 4 is 17.6 Å². The van der Waals surface area contributed by atoms with Gasteiger partial charge in [-0.25, -0.2) is 0 Å². The monoisotopic (exact) mass is 276 g/mol. The van der Waals surface area contributed by atoms with Gasteiger partial charge in [-0.1, -0.05) is 12.1 Å². The van der Waals surface area contributed by atoms with E-state index in [9.17, 15) is 9.59 Å². The fraction of sp³-hybridized carbons (Fsp3) is 0.467. The highest BCUT2D eigenvalue weighted by molar-refractivity contribution is 5.91. The molecule has 0 aromatic heterocycles. The molecule has 2 rings (SSSR count). The van der Waals surface area contributed by atoms with E-state index in [1.54, 1.807) is 0 Å². The van der Waals surface area contributed by atoms with Crippen LogP contribution in [0.2, 0.25) is 0 Å². The first-order chi connectivity index (χ1) is 9.63. The molecule has 1 aromatic carbocycles. The molecular weight excluding hydrogens is 256 g/mol. The van der Waals surface area contributed by atoms with Gasteiger partial charge in [0.05, 0.1) is 0 Å². The number of amides is 1. The molecule has 1 fully saturated rings. The molecule has 1 atom stereocenters. The fourth-order valence-electron chi connectivity index (χ4n) is 2.42. The van der Waals surface area contributed by atoms with Gasteiger partial charge in [-0.05, 0) is 43.5 Å². The van der Waals surface area contributed by atoms with Crippen LogP contribution < -0.4 is 10.6 Å². The largest absolute Gasteiger partial charge is 0.481 e. The minimum atomic E-state index is -0.813. The van der Waals surface area contributed by atoms with Crippen molar-refractivity contribution < 1.29 is 14.7 Å². The lowest BCUT2D eigenvalue weighted by Crippen LogP contribution is -2.27. The van der Waals surface area contributed by atoms with Crippen molar-refractivity contribution in [2.75, 3.05) is 11.9 Å². The van der Waals surface area contributed by atoms with E-state index in [0.717, 1.165) is 30.6 Å². The third kappa shape index (κ3) is 4.66. The van der Waals surface area contributed by atoms with Crippen molar-refractivity contribution in [1.82, 2.24) is 5.32 Å². The second kappa shape index (κ2) is 7.05. The number of anilines is 1. The average Bonchev–Trinajstić information content (AvgIpc) is 2.89. The second-order valence-electron chi connectivity index (χ2n) is 5.14. The Kier molecular flexibility index (Phi) is 5.12. The summed E-state index contributed by atoms with van der Waals surface area (Å²) in [6.45, 7) is 0.989. The minimum Gasteiger partial charge on any atom is -0.481 e. The number of aryl methyl sites for hydroxylation is 1. The van der Waals surface area contributed by atoms with Crippen LogP contribution >= 0.6 is 0 Å². The second-order valence-corrected chi connectivity index (χ2v) is 5.14. The molecule has 1 aliphatic rings. The summed E-state index contributed by atoms with van der Waals surface area (Å²) in [6, 6.07) is 7.65. The summed E-state index contributed by atoms with van der Waals surface area (Å²) in [5.74, 6) is -0.813. The summed E-state index contributed by atoms with van der Waals surface area (Å²) < 4.78 is 0. The Balaban J connectivity index is 1.86. The zero-order valence-electron chi connectivity index (χ0n) is 11.4. The van der Waals surface area contributed by atoms with Gasteiger partial charge in [-0.2, -0.15) is 0 Å². The summed E-state index contributed by atoms with van der Waals surface area (Å²) in [5.41, 5.74) is 1.65. The molecule has 1 aliphatic heterocycles. The highest BCUT2D eigenvalue weighted by Crippen LogP contribution is 2.14. The Labute approximate surface area is 118 Å². The number of hydrogen-bond acceptors (Lipinski definition) is 3. The molecule has 0 spiro atoms.